The van der Waals surface area contributed by atoms with Crippen LogP contribution in [0.25, 0.3) is 10.9 Å². The molecule has 126 valence electrons. The topological polar surface area (TPSA) is 60.5 Å². The van der Waals surface area contributed by atoms with Crippen molar-refractivity contribution in [3.63, 3.8) is 0 Å². The van der Waals surface area contributed by atoms with Crippen LogP contribution in [0.1, 0.15) is 12.0 Å². The summed E-state index contributed by atoms with van der Waals surface area (Å²) in [6, 6.07) is 15.2. The number of carbonyl (C=O) groups is 1. The van der Waals surface area contributed by atoms with Crippen LogP contribution in [-0.4, -0.2) is 24.1 Å². The number of anilines is 1. The predicted octanol–water partition coefficient (Wildman–Crippen LogP) is 3.58. The van der Waals surface area contributed by atoms with Crippen molar-refractivity contribution in [2.45, 2.75) is 12.8 Å². The molecule has 0 aliphatic carbocycles. The highest BCUT2D eigenvalue weighted by molar-refractivity contribution is 6.00. The van der Waals surface area contributed by atoms with Gasteiger partial charge in [-0.05, 0) is 29.8 Å². The second-order valence-electron chi connectivity index (χ2n) is 5.94. The second-order valence-corrected chi connectivity index (χ2v) is 5.94. The van der Waals surface area contributed by atoms with Crippen LogP contribution in [-0.2, 0) is 11.2 Å². The van der Waals surface area contributed by atoms with Crippen LogP contribution < -0.4 is 14.8 Å². The van der Waals surface area contributed by atoms with Crippen molar-refractivity contribution in [1.29, 1.82) is 0 Å². The minimum atomic E-state index is -0.0901. The maximum atomic E-state index is 12.5. The number of fused-ring (bicyclic) bond motifs is 2. The zero-order valence-corrected chi connectivity index (χ0v) is 13.7. The van der Waals surface area contributed by atoms with Crippen LogP contribution >= 0.6 is 0 Å². The number of benzene rings is 2. The Labute approximate surface area is 145 Å². The third-order valence-corrected chi connectivity index (χ3v) is 4.08. The highest BCUT2D eigenvalue weighted by Crippen LogP contribution is 2.30. The lowest BCUT2D eigenvalue weighted by atomic mass is 10.1. The maximum Gasteiger partial charge on any atom is 0.228 e. The number of amides is 1. The number of aromatic nitrogens is 1. The Balaban J connectivity index is 1.51. The van der Waals surface area contributed by atoms with E-state index in [9.17, 15) is 4.79 Å². The van der Waals surface area contributed by atoms with Gasteiger partial charge in [0.2, 0.25) is 5.91 Å². The zero-order valence-electron chi connectivity index (χ0n) is 13.7. The number of hydrogen-bond donors (Lipinski definition) is 1. The lowest BCUT2D eigenvalue weighted by molar-refractivity contribution is -0.115. The first-order valence-corrected chi connectivity index (χ1v) is 8.32. The molecule has 1 amide bonds. The van der Waals surface area contributed by atoms with Gasteiger partial charge < -0.3 is 14.8 Å². The molecule has 0 spiro atoms. The second kappa shape index (κ2) is 6.81. The van der Waals surface area contributed by atoms with Crippen molar-refractivity contribution in [1.82, 2.24) is 4.98 Å². The van der Waals surface area contributed by atoms with Crippen molar-refractivity contribution in [3.8, 4) is 11.5 Å². The summed E-state index contributed by atoms with van der Waals surface area (Å²) in [6.45, 7) is 1.28. The number of para-hydroxylation sites is 1. The first-order chi connectivity index (χ1) is 12.3. The molecule has 1 aliphatic rings. The van der Waals surface area contributed by atoms with Crippen LogP contribution in [0, 0.1) is 0 Å². The van der Waals surface area contributed by atoms with Crippen molar-refractivity contribution in [2.24, 2.45) is 0 Å². The number of nitrogens with zero attached hydrogens (tertiary/aromatic N) is 1. The Morgan fingerprint density at radius 2 is 1.88 bits per heavy atom. The van der Waals surface area contributed by atoms with Gasteiger partial charge in [0.1, 0.15) is 0 Å². The Hall–Kier alpha value is -3.08. The van der Waals surface area contributed by atoms with Crippen molar-refractivity contribution >= 4 is 22.5 Å². The molecule has 4 rings (SSSR count). The number of rotatable bonds is 3. The van der Waals surface area contributed by atoms with Gasteiger partial charge >= 0.3 is 0 Å². The van der Waals surface area contributed by atoms with E-state index in [-0.39, 0.29) is 12.3 Å². The molecule has 0 saturated heterocycles. The molecule has 1 aliphatic heterocycles. The summed E-state index contributed by atoms with van der Waals surface area (Å²) in [5.74, 6) is 1.35. The largest absolute Gasteiger partial charge is 0.490 e. The third kappa shape index (κ3) is 3.40. The summed E-state index contributed by atoms with van der Waals surface area (Å²) in [5.41, 5.74) is 2.39. The van der Waals surface area contributed by atoms with Gasteiger partial charge in [-0.1, -0.05) is 24.3 Å². The van der Waals surface area contributed by atoms with Gasteiger partial charge in [0.15, 0.2) is 11.5 Å². The fraction of sp³-hybridized carbons (Fsp3) is 0.200. The van der Waals surface area contributed by atoms with Crippen LogP contribution in [0.4, 0.5) is 5.69 Å². The minimum absolute atomic E-state index is 0.0901. The molecule has 2 aromatic carbocycles. The van der Waals surface area contributed by atoms with Gasteiger partial charge in [-0.3, -0.25) is 9.78 Å². The summed E-state index contributed by atoms with van der Waals surface area (Å²) in [4.78, 5) is 16.8. The fourth-order valence-electron chi connectivity index (χ4n) is 2.90. The number of pyridine rings is 1. The highest BCUT2D eigenvalue weighted by Gasteiger charge is 2.13. The summed E-state index contributed by atoms with van der Waals surface area (Å²) >= 11 is 0. The lowest BCUT2D eigenvalue weighted by Crippen LogP contribution is -2.15. The monoisotopic (exact) mass is 334 g/mol. The van der Waals surface area contributed by atoms with Crippen LogP contribution in [0.5, 0.6) is 11.5 Å². The lowest BCUT2D eigenvalue weighted by Gasteiger charge is -2.10. The number of ether oxygens (including phenoxy) is 2. The van der Waals surface area contributed by atoms with Crippen molar-refractivity contribution in [3.05, 3.63) is 60.3 Å². The molecular weight excluding hydrogens is 316 g/mol. The van der Waals surface area contributed by atoms with Gasteiger partial charge in [-0.2, -0.15) is 0 Å². The van der Waals surface area contributed by atoms with Crippen LogP contribution in [0.3, 0.4) is 0 Å². The predicted molar refractivity (Wildman–Crippen MR) is 96.1 cm³/mol. The van der Waals surface area contributed by atoms with E-state index in [1.165, 1.54) is 0 Å². The highest BCUT2D eigenvalue weighted by atomic mass is 16.5. The molecule has 1 N–H and O–H groups in total. The van der Waals surface area contributed by atoms with E-state index >= 15 is 0 Å². The number of hydrogen-bond acceptors (Lipinski definition) is 4. The molecule has 2 heterocycles. The molecule has 5 heteroatoms. The molecule has 1 aromatic heterocycles. The molecule has 0 radical (unpaired) electrons. The molecule has 0 unspecified atom stereocenters. The average Bonchev–Trinajstić information content (AvgIpc) is 2.87. The minimum Gasteiger partial charge on any atom is -0.490 e. The van der Waals surface area contributed by atoms with Gasteiger partial charge in [0.05, 0.1) is 30.8 Å². The summed E-state index contributed by atoms with van der Waals surface area (Å²) in [6.07, 6.45) is 2.85. The summed E-state index contributed by atoms with van der Waals surface area (Å²) in [7, 11) is 0. The summed E-state index contributed by atoms with van der Waals surface area (Å²) < 4.78 is 11.3. The van der Waals surface area contributed by atoms with E-state index in [0.717, 1.165) is 34.3 Å². The van der Waals surface area contributed by atoms with E-state index in [2.05, 4.69) is 10.3 Å². The van der Waals surface area contributed by atoms with Gasteiger partial charge in [0, 0.05) is 18.0 Å². The number of nitrogens with one attached hydrogen (secondary N) is 1. The van der Waals surface area contributed by atoms with E-state index in [1.807, 2.05) is 48.5 Å². The SMILES string of the molecule is O=C(Cc1ccc2c(c1)OCCCO2)Nc1cccc2cccnc12. The number of carbonyl (C=O) groups excluding carboxylic acids is 1. The van der Waals surface area contributed by atoms with E-state index in [0.29, 0.717) is 19.0 Å². The smallest absolute Gasteiger partial charge is 0.228 e. The molecule has 0 atom stereocenters. The van der Waals surface area contributed by atoms with Gasteiger partial charge in [-0.15, -0.1) is 0 Å². The normalized spacial score (nSPS) is 13.3. The Morgan fingerprint density at radius 3 is 2.80 bits per heavy atom. The molecule has 0 bridgehead atoms. The standard InChI is InChI=1S/C20H18N2O3/c23-19(22-16-6-1-4-15-5-2-9-21-20(15)16)13-14-7-8-17-18(12-14)25-11-3-10-24-17/h1-2,4-9,12H,3,10-11,13H2,(H,22,23). The van der Waals surface area contributed by atoms with Crippen LogP contribution in [0.15, 0.2) is 54.7 Å². The van der Waals surface area contributed by atoms with E-state index in [4.69, 9.17) is 9.47 Å². The van der Waals surface area contributed by atoms with Crippen molar-refractivity contribution < 1.29 is 14.3 Å². The van der Waals surface area contributed by atoms with E-state index in [1.54, 1.807) is 6.20 Å². The van der Waals surface area contributed by atoms with E-state index < -0.39 is 0 Å². The maximum absolute atomic E-state index is 12.5. The van der Waals surface area contributed by atoms with Gasteiger partial charge in [-0.25, -0.2) is 0 Å². The Morgan fingerprint density at radius 1 is 1.04 bits per heavy atom. The molecule has 3 aromatic rings. The van der Waals surface area contributed by atoms with Gasteiger partial charge in [0.25, 0.3) is 0 Å². The molecule has 0 saturated carbocycles. The molecule has 25 heavy (non-hydrogen) atoms. The Kier molecular flexibility index (Phi) is 4.21. The molecule has 0 fully saturated rings. The third-order valence-electron chi connectivity index (χ3n) is 4.08. The molecular formula is C20H18N2O3. The average molecular weight is 334 g/mol. The van der Waals surface area contributed by atoms with Crippen molar-refractivity contribution in [2.75, 3.05) is 18.5 Å². The first-order valence-electron chi connectivity index (χ1n) is 8.32. The quantitative estimate of drug-likeness (QED) is 0.795. The fourth-order valence-corrected chi connectivity index (χ4v) is 2.90. The van der Waals surface area contributed by atoms with Crippen LogP contribution in [0.2, 0.25) is 0 Å². The Bertz CT molecular complexity index is 918. The molecule has 5 nitrogen and oxygen atoms in total. The first kappa shape index (κ1) is 15.4. The zero-order chi connectivity index (χ0) is 17.1. The summed E-state index contributed by atoms with van der Waals surface area (Å²) in [5, 5.41) is 3.95.